The monoisotopic (exact) mass is 146 g/mol. The molecule has 0 aliphatic rings. The maximum absolute atomic E-state index is 8.29. The molecule has 0 heterocycles. The third-order valence-corrected chi connectivity index (χ3v) is 0.832. The quantitative estimate of drug-likeness (QED) is 0.308. The minimum Gasteiger partial charge on any atom is -0.394 e. The van der Waals surface area contributed by atoms with Crippen LogP contribution in [0.4, 0.5) is 0 Å². The van der Waals surface area contributed by atoms with Crippen molar-refractivity contribution in [2.24, 2.45) is 10.7 Å². The first-order valence-electron chi connectivity index (χ1n) is 3.22. The van der Waals surface area contributed by atoms with Gasteiger partial charge in [-0.15, -0.1) is 0 Å². The summed E-state index contributed by atoms with van der Waals surface area (Å²) in [6.45, 7) is 3.26. The Morgan fingerprint density at radius 3 is 2.80 bits per heavy atom. The van der Waals surface area contributed by atoms with E-state index < -0.39 is 0 Å². The number of aliphatic hydroxyl groups is 1. The third kappa shape index (κ3) is 7.39. The first kappa shape index (κ1) is 9.39. The molecule has 0 aliphatic carbocycles. The van der Waals surface area contributed by atoms with E-state index in [4.69, 9.17) is 15.6 Å². The van der Waals surface area contributed by atoms with Gasteiger partial charge < -0.3 is 15.6 Å². The SMILES string of the molecule is CC(N)=NCCOCCO. The molecule has 0 aromatic heterocycles. The van der Waals surface area contributed by atoms with Gasteiger partial charge in [-0.2, -0.15) is 0 Å². The van der Waals surface area contributed by atoms with E-state index in [1.807, 2.05) is 0 Å². The summed E-state index contributed by atoms with van der Waals surface area (Å²) >= 11 is 0. The molecule has 0 radical (unpaired) electrons. The highest BCUT2D eigenvalue weighted by Gasteiger charge is 1.84. The average molecular weight is 146 g/mol. The van der Waals surface area contributed by atoms with Crippen LogP contribution in [0.25, 0.3) is 0 Å². The van der Waals surface area contributed by atoms with Crippen molar-refractivity contribution in [1.82, 2.24) is 0 Å². The molecule has 0 saturated heterocycles. The van der Waals surface area contributed by atoms with Crippen LogP contribution in [-0.2, 0) is 4.74 Å². The summed E-state index contributed by atoms with van der Waals surface area (Å²) in [4.78, 5) is 3.88. The lowest BCUT2D eigenvalue weighted by atomic mass is 10.6. The number of hydrogen-bond acceptors (Lipinski definition) is 3. The van der Waals surface area contributed by atoms with Gasteiger partial charge in [-0.1, -0.05) is 0 Å². The number of aliphatic imine (C=N–C) groups is 1. The molecule has 0 atom stereocenters. The van der Waals surface area contributed by atoms with Gasteiger partial charge in [0.15, 0.2) is 0 Å². The molecular formula is C6H14N2O2. The Balaban J connectivity index is 2.98. The lowest BCUT2D eigenvalue weighted by Gasteiger charge is -1.97. The van der Waals surface area contributed by atoms with Crippen molar-refractivity contribution in [3.8, 4) is 0 Å². The number of amidine groups is 1. The minimum atomic E-state index is 0.0608. The van der Waals surface area contributed by atoms with E-state index in [0.29, 0.717) is 25.6 Å². The van der Waals surface area contributed by atoms with Crippen LogP contribution in [0.1, 0.15) is 6.92 Å². The van der Waals surface area contributed by atoms with Gasteiger partial charge >= 0.3 is 0 Å². The molecule has 4 heteroatoms. The van der Waals surface area contributed by atoms with E-state index in [1.165, 1.54) is 0 Å². The summed E-state index contributed by atoms with van der Waals surface area (Å²) in [6.07, 6.45) is 0. The highest BCUT2D eigenvalue weighted by molar-refractivity contribution is 5.77. The van der Waals surface area contributed by atoms with E-state index in [1.54, 1.807) is 6.92 Å². The van der Waals surface area contributed by atoms with Crippen LogP contribution in [0, 0.1) is 0 Å². The summed E-state index contributed by atoms with van der Waals surface area (Å²) in [5.74, 6) is 0.563. The zero-order chi connectivity index (χ0) is 7.82. The largest absolute Gasteiger partial charge is 0.394 e. The molecule has 0 fully saturated rings. The minimum absolute atomic E-state index is 0.0608. The number of aliphatic hydroxyl groups excluding tert-OH is 1. The predicted molar refractivity (Wildman–Crippen MR) is 40.1 cm³/mol. The van der Waals surface area contributed by atoms with Crippen LogP contribution in [0.15, 0.2) is 4.99 Å². The normalized spacial score (nSPS) is 12.0. The van der Waals surface area contributed by atoms with Crippen molar-refractivity contribution in [3.63, 3.8) is 0 Å². The molecule has 0 saturated carbocycles. The molecule has 0 amide bonds. The van der Waals surface area contributed by atoms with E-state index in [-0.39, 0.29) is 6.61 Å². The number of nitrogens with two attached hydrogens (primary N) is 1. The molecule has 0 bridgehead atoms. The Kier molecular flexibility index (Phi) is 6.11. The fourth-order valence-corrected chi connectivity index (χ4v) is 0.453. The Morgan fingerprint density at radius 1 is 1.60 bits per heavy atom. The van der Waals surface area contributed by atoms with Crippen LogP contribution >= 0.6 is 0 Å². The van der Waals surface area contributed by atoms with Crippen molar-refractivity contribution >= 4 is 5.84 Å². The van der Waals surface area contributed by atoms with E-state index in [9.17, 15) is 0 Å². The highest BCUT2D eigenvalue weighted by Crippen LogP contribution is 1.75. The molecule has 10 heavy (non-hydrogen) atoms. The van der Waals surface area contributed by atoms with E-state index in [2.05, 4.69) is 4.99 Å². The van der Waals surface area contributed by atoms with Crippen molar-refractivity contribution in [2.45, 2.75) is 6.92 Å². The maximum atomic E-state index is 8.29. The average Bonchev–Trinajstić information content (AvgIpc) is 1.87. The molecule has 4 nitrogen and oxygen atoms in total. The first-order chi connectivity index (χ1) is 4.77. The topological polar surface area (TPSA) is 67.8 Å². The predicted octanol–water partition coefficient (Wildman–Crippen LogP) is -0.628. The Bertz CT molecular complexity index is 99.9. The van der Waals surface area contributed by atoms with Gasteiger partial charge in [0.2, 0.25) is 0 Å². The molecule has 0 unspecified atom stereocenters. The standard InChI is InChI=1S/C6H14N2O2/c1-6(7)8-2-4-10-5-3-9/h9H,2-5H2,1H3,(H2,7,8). The fourth-order valence-electron chi connectivity index (χ4n) is 0.453. The highest BCUT2D eigenvalue weighted by atomic mass is 16.5. The van der Waals surface area contributed by atoms with Crippen molar-refractivity contribution in [2.75, 3.05) is 26.4 Å². The van der Waals surface area contributed by atoms with Crippen LogP contribution in [-0.4, -0.2) is 37.3 Å². The summed E-state index contributed by atoms with van der Waals surface area (Å²) < 4.78 is 4.92. The molecule has 0 spiro atoms. The molecule has 3 N–H and O–H groups in total. The van der Waals surface area contributed by atoms with Gasteiger partial charge in [0.1, 0.15) is 0 Å². The lowest BCUT2D eigenvalue weighted by Crippen LogP contribution is -2.09. The molecule has 0 rings (SSSR count). The zero-order valence-electron chi connectivity index (χ0n) is 6.21. The van der Waals surface area contributed by atoms with Crippen LogP contribution in [0.2, 0.25) is 0 Å². The van der Waals surface area contributed by atoms with Crippen LogP contribution in [0.3, 0.4) is 0 Å². The Labute approximate surface area is 60.7 Å². The first-order valence-corrected chi connectivity index (χ1v) is 3.22. The molecular weight excluding hydrogens is 132 g/mol. The molecule has 0 aromatic rings. The van der Waals surface area contributed by atoms with Gasteiger partial charge in [0, 0.05) is 0 Å². The summed E-state index contributed by atoms with van der Waals surface area (Å²) in [5, 5.41) is 8.29. The fraction of sp³-hybridized carbons (Fsp3) is 0.833. The van der Waals surface area contributed by atoms with E-state index in [0.717, 1.165) is 0 Å². The van der Waals surface area contributed by atoms with Crippen molar-refractivity contribution in [1.29, 1.82) is 0 Å². The van der Waals surface area contributed by atoms with Crippen LogP contribution < -0.4 is 5.73 Å². The smallest absolute Gasteiger partial charge is 0.0906 e. The lowest BCUT2D eigenvalue weighted by molar-refractivity contribution is 0.0978. The Hall–Kier alpha value is -0.610. The van der Waals surface area contributed by atoms with Gasteiger partial charge in [0.05, 0.1) is 32.2 Å². The second-order valence-electron chi connectivity index (χ2n) is 1.86. The summed E-state index contributed by atoms with van der Waals surface area (Å²) in [5.41, 5.74) is 5.25. The van der Waals surface area contributed by atoms with Gasteiger partial charge in [-0.3, -0.25) is 4.99 Å². The molecule has 0 aromatic carbocycles. The number of hydrogen-bond donors (Lipinski definition) is 2. The van der Waals surface area contributed by atoms with Gasteiger partial charge in [-0.25, -0.2) is 0 Å². The zero-order valence-corrected chi connectivity index (χ0v) is 6.21. The maximum Gasteiger partial charge on any atom is 0.0906 e. The van der Waals surface area contributed by atoms with E-state index >= 15 is 0 Å². The number of rotatable bonds is 5. The second kappa shape index (κ2) is 6.51. The Morgan fingerprint density at radius 2 is 2.30 bits per heavy atom. The summed E-state index contributed by atoms with van der Waals surface area (Å²) in [7, 11) is 0. The van der Waals surface area contributed by atoms with Gasteiger partial charge in [-0.05, 0) is 6.92 Å². The molecule has 0 aliphatic heterocycles. The third-order valence-electron chi connectivity index (χ3n) is 0.832. The summed E-state index contributed by atoms with van der Waals surface area (Å²) in [6, 6.07) is 0. The number of nitrogens with zero attached hydrogens (tertiary/aromatic N) is 1. The van der Waals surface area contributed by atoms with Gasteiger partial charge in [0.25, 0.3) is 0 Å². The number of ether oxygens (including phenoxy) is 1. The molecule has 60 valence electrons. The van der Waals surface area contributed by atoms with Crippen molar-refractivity contribution < 1.29 is 9.84 Å². The van der Waals surface area contributed by atoms with Crippen molar-refractivity contribution in [3.05, 3.63) is 0 Å². The van der Waals surface area contributed by atoms with Crippen LogP contribution in [0.5, 0.6) is 0 Å². The second-order valence-corrected chi connectivity index (χ2v) is 1.86.